The van der Waals surface area contributed by atoms with Crippen molar-refractivity contribution in [3.63, 3.8) is 0 Å². The summed E-state index contributed by atoms with van der Waals surface area (Å²) in [6, 6.07) is 7.21. The number of anilines is 1. The Hall–Kier alpha value is -0.330. The van der Waals surface area contributed by atoms with Crippen LogP contribution in [0.4, 0.5) is 5.69 Å². The molecule has 0 aliphatic rings. The van der Waals surface area contributed by atoms with Gasteiger partial charge in [0.1, 0.15) is 0 Å². The van der Waals surface area contributed by atoms with E-state index in [1.807, 2.05) is 38.1 Å². The van der Waals surface area contributed by atoms with E-state index < -0.39 is 6.04 Å². The smallest absolute Gasteiger partial charge is 0.241 e. The molecular formula is C12H18ClIN2O. The van der Waals surface area contributed by atoms with E-state index in [0.717, 1.165) is 15.7 Å². The minimum atomic E-state index is -0.440. The largest absolute Gasteiger partial charge is 0.325 e. The number of amides is 1. The molecule has 2 unspecified atom stereocenters. The fourth-order valence-corrected chi connectivity index (χ4v) is 1.63. The van der Waals surface area contributed by atoms with Crippen LogP contribution in [-0.2, 0) is 4.79 Å². The van der Waals surface area contributed by atoms with Crippen LogP contribution in [0.2, 0.25) is 0 Å². The van der Waals surface area contributed by atoms with Gasteiger partial charge in [0.2, 0.25) is 5.91 Å². The molecule has 1 amide bonds. The van der Waals surface area contributed by atoms with Gasteiger partial charge >= 0.3 is 0 Å². The molecule has 0 aliphatic carbocycles. The predicted molar refractivity (Wildman–Crippen MR) is 82.5 cm³/mol. The molecule has 0 saturated heterocycles. The van der Waals surface area contributed by atoms with E-state index in [9.17, 15) is 4.79 Å². The van der Waals surface area contributed by atoms with Gasteiger partial charge in [-0.2, -0.15) is 0 Å². The van der Waals surface area contributed by atoms with Crippen molar-refractivity contribution >= 4 is 46.6 Å². The van der Waals surface area contributed by atoms with Gasteiger partial charge in [0.05, 0.1) is 6.04 Å². The Balaban J connectivity index is 0.00000256. The van der Waals surface area contributed by atoms with Crippen molar-refractivity contribution in [1.82, 2.24) is 0 Å². The van der Waals surface area contributed by atoms with Crippen LogP contribution in [0, 0.1) is 9.49 Å². The Bertz CT molecular complexity index is 356. The number of benzene rings is 1. The number of carbonyl (C=O) groups excluding carboxylic acids is 1. The first-order valence-corrected chi connectivity index (χ1v) is 6.44. The second-order valence-electron chi connectivity index (χ2n) is 3.91. The third kappa shape index (κ3) is 5.23. The minimum Gasteiger partial charge on any atom is -0.325 e. The van der Waals surface area contributed by atoms with Crippen LogP contribution in [0.5, 0.6) is 0 Å². The van der Waals surface area contributed by atoms with Crippen molar-refractivity contribution in [2.75, 3.05) is 5.32 Å². The van der Waals surface area contributed by atoms with Gasteiger partial charge in [0.15, 0.2) is 0 Å². The Kier molecular flexibility index (Phi) is 7.74. The molecular weight excluding hydrogens is 351 g/mol. The van der Waals surface area contributed by atoms with Gasteiger partial charge < -0.3 is 11.1 Å². The SMILES string of the molecule is CCC(C)C(N)C(=O)Nc1ccc(I)cc1.Cl. The average molecular weight is 369 g/mol. The number of hydrogen-bond donors (Lipinski definition) is 2. The molecule has 96 valence electrons. The van der Waals surface area contributed by atoms with Crippen LogP contribution in [-0.4, -0.2) is 11.9 Å². The van der Waals surface area contributed by atoms with Crippen molar-refractivity contribution in [3.8, 4) is 0 Å². The Morgan fingerprint density at radius 3 is 2.41 bits per heavy atom. The van der Waals surface area contributed by atoms with Crippen LogP contribution < -0.4 is 11.1 Å². The van der Waals surface area contributed by atoms with E-state index in [1.54, 1.807) is 0 Å². The number of rotatable bonds is 4. The first-order valence-electron chi connectivity index (χ1n) is 5.36. The van der Waals surface area contributed by atoms with Crippen LogP contribution in [0.15, 0.2) is 24.3 Å². The molecule has 1 aromatic carbocycles. The molecule has 0 aliphatic heterocycles. The molecule has 1 aromatic rings. The summed E-state index contributed by atoms with van der Waals surface area (Å²) in [6.45, 7) is 4.01. The third-order valence-corrected chi connectivity index (χ3v) is 3.39. The molecule has 3 nitrogen and oxygen atoms in total. The van der Waals surface area contributed by atoms with Crippen molar-refractivity contribution in [1.29, 1.82) is 0 Å². The van der Waals surface area contributed by atoms with Gasteiger partial charge in [-0.25, -0.2) is 0 Å². The summed E-state index contributed by atoms with van der Waals surface area (Å²) in [6.07, 6.45) is 0.904. The molecule has 0 spiro atoms. The van der Waals surface area contributed by atoms with Gasteiger partial charge in [-0.15, -0.1) is 12.4 Å². The van der Waals surface area contributed by atoms with E-state index in [2.05, 4.69) is 27.9 Å². The summed E-state index contributed by atoms with van der Waals surface area (Å²) in [5, 5.41) is 2.82. The highest BCUT2D eigenvalue weighted by Gasteiger charge is 2.19. The highest BCUT2D eigenvalue weighted by Crippen LogP contribution is 2.13. The number of hydrogen-bond acceptors (Lipinski definition) is 2. The van der Waals surface area contributed by atoms with Gasteiger partial charge in [-0.1, -0.05) is 20.3 Å². The van der Waals surface area contributed by atoms with Crippen LogP contribution in [0.3, 0.4) is 0 Å². The topological polar surface area (TPSA) is 55.1 Å². The van der Waals surface area contributed by atoms with E-state index in [-0.39, 0.29) is 24.2 Å². The van der Waals surface area contributed by atoms with Gasteiger partial charge in [0.25, 0.3) is 0 Å². The first kappa shape index (κ1) is 16.7. The molecule has 0 heterocycles. The number of carbonyl (C=O) groups is 1. The zero-order chi connectivity index (χ0) is 12.1. The zero-order valence-corrected chi connectivity index (χ0v) is 12.9. The molecule has 5 heteroatoms. The molecule has 17 heavy (non-hydrogen) atoms. The molecule has 0 bridgehead atoms. The fraction of sp³-hybridized carbons (Fsp3) is 0.417. The Morgan fingerprint density at radius 1 is 1.41 bits per heavy atom. The lowest BCUT2D eigenvalue weighted by Crippen LogP contribution is -2.40. The minimum absolute atomic E-state index is 0. The summed E-state index contributed by atoms with van der Waals surface area (Å²) < 4.78 is 1.14. The quantitative estimate of drug-likeness (QED) is 0.803. The molecule has 3 N–H and O–H groups in total. The standard InChI is InChI=1S/C12H17IN2O.ClH/c1-3-8(2)11(14)12(16)15-10-6-4-9(13)5-7-10;/h4-8,11H,3,14H2,1-2H3,(H,15,16);1H. The summed E-state index contributed by atoms with van der Waals surface area (Å²) in [5.74, 6) is 0.0828. The van der Waals surface area contributed by atoms with Crippen molar-refractivity contribution < 1.29 is 4.79 Å². The van der Waals surface area contributed by atoms with E-state index >= 15 is 0 Å². The monoisotopic (exact) mass is 368 g/mol. The average Bonchev–Trinajstić information content (AvgIpc) is 2.30. The molecule has 0 saturated carbocycles. The second kappa shape index (κ2) is 7.89. The Labute approximate surface area is 122 Å². The number of halogens is 2. The lowest BCUT2D eigenvalue weighted by Gasteiger charge is -2.17. The summed E-state index contributed by atoms with van der Waals surface area (Å²) >= 11 is 2.22. The van der Waals surface area contributed by atoms with Crippen molar-refractivity contribution in [2.24, 2.45) is 11.7 Å². The predicted octanol–water partition coefficient (Wildman–Crippen LogP) is 3.02. The highest BCUT2D eigenvalue weighted by atomic mass is 127. The molecule has 0 fully saturated rings. The van der Waals surface area contributed by atoms with E-state index in [4.69, 9.17) is 5.73 Å². The first-order chi connectivity index (χ1) is 7.54. The second-order valence-corrected chi connectivity index (χ2v) is 5.15. The Morgan fingerprint density at radius 2 is 1.94 bits per heavy atom. The zero-order valence-electron chi connectivity index (χ0n) is 9.94. The van der Waals surface area contributed by atoms with Crippen molar-refractivity contribution in [3.05, 3.63) is 27.8 Å². The lowest BCUT2D eigenvalue weighted by molar-refractivity contribution is -0.118. The third-order valence-electron chi connectivity index (χ3n) is 2.67. The maximum absolute atomic E-state index is 11.8. The summed E-state index contributed by atoms with van der Waals surface area (Å²) in [4.78, 5) is 11.8. The summed E-state index contributed by atoms with van der Waals surface area (Å²) in [7, 11) is 0. The molecule has 2 atom stereocenters. The van der Waals surface area contributed by atoms with Crippen molar-refractivity contribution in [2.45, 2.75) is 26.3 Å². The number of nitrogens with one attached hydrogen (secondary N) is 1. The molecule has 0 radical (unpaired) electrons. The van der Waals surface area contributed by atoms with Gasteiger partial charge in [-0.3, -0.25) is 4.79 Å². The van der Waals surface area contributed by atoms with Crippen LogP contribution in [0.1, 0.15) is 20.3 Å². The van der Waals surface area contributed by atoms with E-state index in [1.165, 1.54) is 0 Å². The highest BCUT2D eigenvalue weighted by molar-refractivity contribution is 14.1. The van der Waals surface area contributed by atoms with E-state index in [0.29, 0.717) is 0 Å². The number of nitrogens with two attached hydrogens (primary N) is 1. The summed E-state index contributed by atoms with van der Waals surface area (Å²) in [5.41, 5.74) is 6.63. The maximum Gasteiger partial charge on any atom is 0.241 e. The molecule has 1 rings (SSSR count). The van der Waals surface area contributed by atoms with Crippen LogP contribution >= 0.6 is 35.0 Å². The lowest BCUT2D eigenvalue weighted by atomic mass is 9.99. The normalized spacial score (nSPS) is 13.4. The molecule has 0 aromatic heterocycles. The van der Waals surface area contributed by atoms with Gasteiger partial charge in [-0.05, 0) is 52.8 Å². The fourth-order valence-electron chi connectivity index (χ4n) is 1.27. The van der Waals surface area contributed by atoms with Gasteiger partial charge in [0, 0.05) is 9.26 Å². The maximum atomic E-state index is 11.8. The van der Waals surface area contributed by atoms with Crippen LogP contribution in [0.25, 0.3) is 0 Å².